The summed E-state index contributed by atoms with van der Waals surface area (Å²) in [5, 5.41) is 4.77. The van der Waals surface area contributed by atoms with Crippen molar-refractivity contribution in [1.29, 1.82) is 0 Å². The molecular formula is C24H19FN4O2S. The van der Waals surface area contributed by atoms with Crippen molar-refractivity contribution in [2.24, 2.45) is 5.10 Å². The van der Waals surface area contributed by atoms with Crippen LogP contribution in [0.4, 0.5) is 4.39 Å². The molecular weight excluding hydrogens is 427 g/mol. The maximum absolute atomic E-state index is 13.2. The first kappa shape index (κ1) is 21.5. The minimum Gasteiger partial charge on any atom is -0.272 e. The van der Waals surface area contributed by atoms with E-state index in [4.69, 9.17) is 0 Å². The molecule has 3 aromatic carbocycles. The molecule has 0 aliphatic heterocycles. The van der Waals surface area contributed by atoms with Gasteiger partial charge in [0, 0.05) is 0 Å². The Labute approximate surface area is 187 Å². The lowest BCUT2D eigenvalue weighted by Gasteiger charge is -2.13. The van der Waals surface area contributed by atoms with Gasteiger partial charge in [-0.25, -0.2) is 14.8 Å². The van der Waals surface area contributed by atoms with Crippen molar-refractivity contribution >= 4 is 34.8 Å². The van der Waals surface area contributed by atoms with Gasteiger partial charge in [0.05, 0.1) is 28.6 Å². The lowest BCUT2D eigenvalue weighted by atomic mass is 10.2. The summed E-state index contributed by atoms with van der Waals surface area (Å²) in [5.41, 5.74) is 5.04. The van der Waals surface area contributed by atoms with Crippen molar-refractivity contribution in [2.75, 3.05) is 5.75 Å². The number of carbonyl (C=O) groups excluding carboxylic acids is 1. The highest BCUT2D eigenvalue weighted by molar-refractivity contribution is 7.99. The van der Waals surface area contributed by atoms with Gasteiger partial charge in [0.15, 0.2) is 5.16 Å². The Hall–Kier alpha value is -3.78. The van der Waals surface area contributed by atoms with E-state index >= 15 is 0 Å². The smallest absolute Gasteiger partial charge is 0.266 e. The molecule has 0 radical (unpaired) electrons. The molecule has 0 fully saturated rings. The number of benzene rings is 3. The van der Waals surface area contributed by atoms with Gasteiger partial charge in [-0.3, -0.25) is 14.2 Å². The van der Waals surface area contributed by atoms with Gasteiger partial charge in [0.25, 0.3) is 11.5 Å². The summed E-state index contributed by atoms with van der Waals surface area (Å²) >= 11 is 1.14. The Morgan fingerprint density at radius 1 is 1.12 bits per heavy atom. The predicted octanol–water partition coefficient (Wildman–Crippen LogP) is 4.08. The number of amides is 1. The summed E-state index contributed by atoms with van der Waals surface area (Å²) < 4.78 is 14.7. The average molecular weight is 447 g/mol. The van der Waals surface area contributed by atoms with E-state index in [1.807, 2.05) is 37.3 Å². The maximum Gasteiger partial charge on any atom is 0.266 e. The van der Waals surface area contributed by atoms with Crippen LogP contribution in [0.15, 0.2) is 87.8 Å². The number of nitrogens with zero attached hydrogens (tertiary/aromatic N) is 3. The molecule has 0 saturated heterocycles. The molecule has 0 aliphatic rings. The maximum atomic E-state index is 13.2. The van der Waals surface area contributed by atoms with Crippen molar-refractivity contribution in [3.63, 3.8) is 0 Å². The highest BCUT2D eigenvalue weighted by atomic mass is 32.2. The minimum atomic E-state index is -0.382. The van der Waals surface area contributed by atoms with Crippen LogP contribution in [0.2, 0.25) is 0 Å². The molecule has 160 valence electrons. The van der Waals surface area contributed by atoms with E-state index in [0.29, 0.717) is 27.3 Å². The highest BCUT2D eigenvalue weighted by Crippen LogP contribution is 2.21. The Kier molecular flexibility index (Phi) is 6.42. The summed E-state index contributed by atoms with van der Waals surface area (Å²) in [6, 6.07) is 20.5. The zero-order valence-corrected chi connectivity index (χ0v) is 18.0. The SMILES string of the molecule is Cc1ccc(-n2c(SCC(=O)N/N=C\c3cccc(F)c3)nc3ccccc3c2=O)cc1. The van der Waals surface area contributed by atoms with Gasteiger partial charge in [-0.15, -0.1) is 0 Å². The quantitative estimate of drug-likeness (QED) is 0.210. The number of thioether (sulfide) groups is 1. The Bertz CT molecular complexity index is 1370. The van der Waals surface area contributed by atoms with Crippen LogP contribution in [0.3, 0.4) is 0 Å². The van der Waals surface area contributed by atoms with Crippen LogP contribution in [0.1, 0.15) is 11.1 Å². The van der Waals surface area contributed by atoms with Gasteiger partial charge >= 0.3 is 0 Å². The van der Waals surface area contributed by atoms with Crippen LogP contribution in [0.25, 0.3) is 16.6 Å². The lowest BCUT2D eigenvalue weighted by molar-refractivity contribution is -0.118. The van der Waals surface area contributed by atoms with Crippen molar-refractivity contribution in [3.05, 3.63) is 100 Å². The Morgan fingerprint density at radius 2 is 1.91 bits per heavy atom. The molecule has 1 heterocycles. The van der Waals surface area contributed by atoms with Crippen molar-refractivity contribution < 1.29 is 9.18 Å². The van der Waals surface area contributed by atoms with Crippen molar-refractivity contribution in [2.45, 2.75) is 12.1 Å². The monoisotopic (exact) mass is 446 g/mol. The number of hydrogen-bond acceptors (Lipinski definition) is 5. The molecule has 4 aromatic rings. The van der Waals surface area contributed by atoms with Crippen LogP contribution in [-0.4, -0.2) is 27.4 Å². The molecule has 1 aromatic heterocycles. The lowest BCUT2D eigenvalue weighted by Crippen LogP contribution is -2.24. The summed E-state index contributed by atoms with van der Waals surface area (Å²) in [5.74, 6) is -0.760. The number of hydrogen-bond donors (Lipinski definition) is 1. The Morgan fingerprint density at radius 3 is 2.69 bits per heavy atom. The number of nitrogens with one attached hydrogen (secondary N) is 1. The number of rotatable bonds is 6. The van der Waals surface area contributed by atoms with Gasteiger partial charge < -0.3 is 0 Å². The number of carbonyl (C=O) groups is 1. The number of aromatic nitrogens is 2. The van der Waals surface area contributed by atoms with E-state index < -0.39 is 0 Å². The van der Waals surface area contributed by atoms with Crippen LogP contribution in [0.5, 0.6) is 0 Å². The summed E-state index contributed by atoms with van der Waals surface area (Å²) in [6.07, 6.45) is 1.36. The molecule has 0 unspecified atom stereocenters. The van der Waals surface area contributed by atoms with Gasteiger partial charge in [0.1, 0.15) is 5.82 Å². The molecule has 4 rings (SSSR count). The second-order valence-electron chi connectivity index (χ2n) is 7.02. The molecule has 6 nitrogen and oxygen atoms in total. The normalized spacial score (nSPS) is 11.2. The van der Waals surface area contributed by atoms with Gasteiger partial charge in [-0.05, 0) is 48.9 Å². The minimum absolute atomic E-state index is 0.00284. The third-order valence-electron chi connectivity index (χ3n) is 4.62. The molecule has 32 heavy (non-hydrogen) atoms. The molecule has 0 spiro atoms. The number of aryl methyl sites for hydroxylation is 1. The van der Waals surface area contributed by atoms with Crippen LogP contribution >= 0.6 is 11.8 Å². The zero-order chi connectivity index (χ0) is 22.5. The number of hydrazone groups is 1. The molecule has 0 saturated carbocycles. The van der Waals surface area contributed by atoms with Gasteiger partial charge in [-0.1, -0.05) is 53.7 Å². The summed E-state index contributed by atoms with van der Waals surface area (Å²) in [6.45, 7) is 1.97. The first-order valence-corrected chi connectivity index (χ1v) is 10.8. The molecule has 0 aliphatic carbocycles. The third kappa shape index (κ3) is 4.92. The van der Waals surface area contributed by atoms with Crippen LogP contribution in [-0.2, 0) is 4.79 Å². The summed E-state index contributed by atoms with van der Waals surface area (Å²) in [4.78, 5) is 30.1. The zero-order valence-electron chi connectivity index (χ0n) is 17.2. The molecule has 0 bridgehead atoms. The fourth-order valence-corrected chi connectivity index (χ4v) is 3.86. The molecule has 0 atom stereocenters. The summed E-state index contributed by atoms with van der Waals surface area (Å²) in [7, 11) is 0. The van der Waals surface area contributed by atoms with E-state index in [2.05, 4.69) is 15.5 Å². The molecule has 8 heteroatoms. The van der Waals surface area contributed by atoms with E-state index in [1.54, 1.807) is 30.3 Å². The fraction of sp³-hybridized carbons (Fsp3) is 0.0833. The van der Waals surface area contributed by atoms with E-state index in [1.165, 1.54) is 22.9 Å². The van der Waals surface area contributed by atoms with E-state index in [9.17, 15) is 14.0 Å². The molecule has 1 amide bonds. The largest absolute Gasteiger partial charge is 0.272 e. The first-order valence-electron chi connectivity index (χ1n) is 9.80. The van der Waals surface area contributed by atoms with Crippen molar-refractivity contribution in [3.8, 4) is 5.69 Å². The number of para-hydroxylation sites is 1. The fourth-order valence-electron chi connectivity index (χ4n) is 3.06. The van der Waals surface area contributed by atoms with Crippen molar-refractivity contribution in [1.82, 2.24) is 15.0 Å². The number of halogens is 1. The van der Waals surface area contributed by atoms with E-state index in [0.717, 1.165) is 17.3 Å². The van der Waals surface area contributed by atoms with Gasteiger partial charge in [-0.2, -0.15) is 5.10 Å². The van der Waals surface area contributed by atoms with Crippen LogP contribution < -0.4 is 11.0 Å². The predicted molar refractivity (Wildman–Crippen MR) is 125 cm³/mol. The average Bonchev–Trinajstić information content (AvgIpc) is 2.79. The molecule has 1 N–H and O–H groups in total. The van der Waals surface area contributed by atoms with Gasteiger partial charge in [0.2, 0.25) is 0 Å². The van der Waals surface area contributed by atoms with Crippen LogP contribution in [0, 0.1) is 12.7 Å². The topological polar surface area (TPSA) is 76.3 Å². The first-order chi connectivity index (χ1) is 15.5. The highest BCUT2D eigenvalue weighted by Gasteiger charge is 2.14. The standard InChI is InChI=1S/C24H19FN4O2S/c1-16-9-11-19(12-10-16)29-23(31)20-7-2-3-8-21(20)27-24(29)32-15-22(30)28-26-14-17-5-4-6-18(25)13-17/h2-14H,15H2,1H3,(H,28,30)/b26-14-. The Balaban J connectivity index is 1.56. The number of fused-ring (bicyclic) bond motifs is 1. The third-order valence-corrected chi connectivity index (χ3v) is 5.56. The second kappa shape index (κ2) is 9.57. The van der Waals surface area contributed by atoms with E-state index in [-0.39, 0.29) is 23.0 Å². The second-order valence-corrected chi connectivity index (χ2v) is 7.97.